The fourth-order valence-corrected chi connectivity index (χ4v) is 4.70. The average molecular weight is 417 g/mol. The number of carbonyl (C=O) groups excluding carboxylic acids is 1. The first kappa shape index (κ1) is 20.4. The van der Waals surface area contributed by atoms with Crippen molar-refractivity contribution in [2.24, 2.45) is 5.92 Å². The van der Waals surface area contributed by atoms with Crippen LogP contribution in [-0.2, 0) is 4.74 Å². The zero-order chi connectivity index (χ0) is 20.4. The number of likely N-dealkylation sites (tertiary alicyclic amines) is 1. The molecule has 0 radical (unpaired) electrons. The van der Waals surface area contributed by atoms with E-state index in [1.807, 2.05) is 35.2 Å². The number of hydrogen-bond donors (Lipinski definition) is 1. The van der Waals surface area contributed by atoms with Gasteiger partial charge in [-0.15, -0.1) is 0 Å². The summed E-state index contributed by atoms with van der Waals surface area (Å²) in [6.07, 6.45) is 2.69. The van der Waals surface area contributed by atoms with Crippen LogP contribution >= 0.6 is 11.6 Å². The van der Waals surface area contributed by atoms with Gasteiger partial charge in [0.25, 0.3) is 5.91 Å². The molecule has 2 saturated heterocycles. The molecule has 6 nitrogen and oxygen atoms in total. The van der Waals surface area contributed by atoms with E-state index in [2.05, 4.69) is 28.9 Å². The van der Waals surface area contributed by atoms with E-state index in [9.17, 15) is 4.79 Å². The number of rotatable bonds is 4. The Bertz CT molecular complexity index is 837. The van der Waals surface area contributed by atoms with Gasteiger partial charge < -0.3 is 9.64 Å². The highest BCUT2D eigenvalue weighted by molar-refractivity contribution is 6.30. The second-order valence-corrected chi connectivity index (χ2v) is 8.83. The van der Waals surface area contributed by atoms with Crippen molar-refractivity contribution in [2.75, 3.05) is 32.7 Å². The zero-order valence-corrected chi connectivity index (χ0v) is 17.9. The number of nitrogens with one attached hydrogen (secondary N) is 1. The number of carbonyl (C=O) groups is 1. The third-order valence-corrected chi connectivity index (χ3v) is 6.08. The first-order valence-corrected chi connectivity index (χ1v) is 10.8. The first-order chi connectivity index (χ1) is 14.0. The Balaban J connectivity index is 1.31. The van der Waals surface area contributed by atoms with Crippen LogP contribution in [0.1, 0.15) is 37.2 Å². The molecule has 2 aromatic rings. The van der Waals surface area contributed by atoms with Crippen LogP contribution in [0.2, 0.25) is 5.02 Å². The Morgan fingerprint density at radius 3 is 2.62 bits per heavy atom. The van der Waals surface area contributed by atoms with E-state index in [0.717, 1.165) is 56.8 Å². The summed E-state index contributed by atoms with van der Waals surface area (Å²) in [6, 6.07) is 9.32. The van der Waals surface area contributed by atoms with E-state index in [4.69, 9.17) is 16.3 Å². The van der Waals surface area contributed by atoms with Crippen molar-refractivity contribution in [2.45, 2.75) is 38.9 Å². The van der Waals surface area contributed by atoms with Gasteiger partial charge in [-0.3, -0.25) is 14.8 Å². The molecule has 0 saturated carbocycles. The Morgan fingerprint density at radius 1 is 1.21 bits per heavy atom. The van der Waals surface area contributed by atoms with Crippen LogP contribution in [-0.4, -0.2) is 70.8 Å². The van der Waals surface area contributed by atoms with Crippen LogP contribution in [0.4, 0.5) is 0 Å². The van der Waals surface area contributed by atoms with Gasteiger partial charge in [0.05, 0.1) is 17.9 Å². The SMILES string of the molecule is CC1CN(CC2CCN(C(=O)c3cc(-c4cccc(Cl)c4)n[nH]3)CC2)CC(C)O1. The predicted octanol–water partition coefficient (Wildman–Crippen LogP) is 3.69. The minimum Gasteiger partial charge on any atom is -0.373 e. The van der Waals surface area contributed by atoms with Crippen LogP contribution in [0.3, 0.4) is 0 Å². The number of hydrogen-bond acceptors (Lipinski definition) is 4. The van der Waals surface area contributed by atoms with Crippen molar-refractivity contribution < 1.29 is 9.53 Å². The zero-order valence-electron chi connectivity index (χ0n) is 17.1. The summed E-state index contributed by atoms with van der Waals surface area (Å²) in [4.78, 5) is 17.4. The predicted molar refractivity (Wildman–Crippen MR) is 114 cm³/mol. The summed E-state index contributed by atoms with van der Waals surface area (Å²) < 4.78 is 5.83. The minimum atomic E-state index is 0.0258. The molecule has 1 N–H and O–H groups in total. The van der Waals surface area contributed by atoms with E-state index < -0.39 is 0 Å². The summed E-state index contributed by atoms with van der Waals surface area (Å²) in [5, 5.41) is 7.86. The molecule has 2 fully saturated rings. The number of nitrogens with zero attached hydrogens (tertiary/aromatic N) is 3. The fraction of sp³-hybridized carbons (Fsp3) is 0.545. The lowest BCUT2D eigenvalue weighted by molar-refractivity contribution is -0.0728. The molecule has 0 bridgehead atoms. The molecule has 1 amide bonds. The maximum Gasteiger partial charge on any atom is 0.271 e. The monoisotopic (exact) mass is 416 g/mol. The summed E-state index contributed by atoms with van der Waals surface area (Å²) in [7, 11) is 0. The van der Waals surface area contributed by atoms with Gasteiger partial charge in [0.15, 0.2) is 0 Å². The van der Waals surface area contributed by atoms with Crippen LogP contribution in [0, 0.1) is 5.92 Å². The number of amides is 1. The van der Waals surface area contributed by atoms with Gasteiger partial charge in [0.2, 0.25) is 0 Å². The third-order valence-electron chi connectivity index (χ3n) is 5.84. The fourth-order valence-electron chi connectivity index (χ4n) is 4.51. The number of halogens is 1. The lowest BCUT2D eigenvalue weighted by Crippen LogP contribution is -2.48. The van der Waals surface area contributed by atoms with E-state index in [-0.39, 0.29) is 5.91 Å². The van der Waals surface area contributed by atoms with Gasteiger partial charge in [-0.25, -0.2) is 0 Å². The number of ether oxygens (including phenoxy) is 1. The quantitative estimate of drug-likeness (QED) is 0.825. The lowest BCUT2D eigenvalue weighted by atomic mass is 9.95. The van der Waals surface area contributed by atoms with Crippen molar-refractivity contribution in [1.29, 1.82) is 0 Å². The second kappa shape index (κ2) is 8.86. The van der Waals surface area contributed by atoms with E-state index in [0.29, 0.717) is 28.8 Å². The maximum atomic E-state index is 12.9. The molecule has 2 atom stereocenters. The van der Waals surface area contributed by atoms with Crippen LogP contribution < -0.4 is 0 Å². The number of aromatic nitrogens is 2. The highest BCUT2D eigenvalue weighted by atomic mass is 35.5. The molecular formula is C22H29ClN4O2. The van der Waals surface area contributed by atoms with Crippen LogP contribution in [0.5, 0.6) is 0 Å². The van der Waals surface area contributed by atoms with Gasteiger partial charge in [-0.05, 0) is 50.8 Å². The van der Waals surface area contributed by atoms with Gasteiger partial charge >= 0.3 is 0 Å². The molecule has 0 aliphatic carbocycles. The molecule has 0 spiro atoms. The third kappa shape index (κ3) is 5.00. The standard InChI is InChI=1S/C22H29ClN4O2/c1-15-12-26(13-16(2)29-15)14-17-6-8-27(9-7-17)22(28)21-11-20(24-25-21)18-4-3-5-19(23)10-18/h3-5,10-11,15-17H,6-9,12-14H2,1-2H3,(H,24,25). The van der Waals surface area contributed by atoms with Crippen molar-refractivity contribution >= 4 is 17.5 Å². The Hall–Kier alpha value is -1.89. The summed E-state index contributed by atoms with van der Waals surface area (Å²) in [5.41, 5.74) is 2.18. The van der Waals surface area contributed by atoms with Crippen molar-refractivity contribution in [3.8, 4) is 11.3 Å². The molecular weight excluding hydrogens is 388 g/mol. The molecule has 2 unspecified atom stereocenters. The molecule has 3 heterocycles. The largest absolute Gasteiger partial charge is 0.373 e. The number of H-pyrrole nitrogens is 1. The summed E-state index contributed by atoms with van der Waals surface area (Å²) in [6.45, 7) is 8.99. The molecule has 1 aromatic heterocycles. The minimum absolute atomic E-state index is 0.0258. The van der Waals surface area contributed by atoms with Gasteiger partial charge in [0, 0.05) is 43.3 Å². The number of benzene rings is 1. The van der Waals surface area contributed by atoms with E-state index in [1.54, 1.807) is 0 Å². The van der Waals surface area contributed by atoms with Gasteiger partial charge in [-0.1, -0.05) is 23.7 Å². The Morgan fingerprint density at radius 2 is 1.93 bits per heavy atom. The maximum absolute atomic E-state index is 12.9. The second-order valence-electron chi connectivity index (χ2n) is 8.39. The van der Waals surface area contributed by atoms with Crippen LogP contribution in [0.25, 0.3) is 11.3 Å². The summed E-state index contributed by atoms with van der Waals surface area (Å²) >= 11 is 6.06. The normalized spacial score (nSPS) is 24.0. The molecule has 156 valence electrons. The molecule has 2 aliphatic heterocycles. The molecule has 1 aromatic carbocycles. The molecule has 4 rings (SSSR count). The smallest absolute Gasteiger partial charge is 0.271 e. The number of aromatic amines is 1. The topological polar surface area (TPSA) is 61.5 Å². The average Bonchev–Trinajstić information content (AvgIpc) is 3.17. The van der Waals surface area contributed by atoms with Crippen molar-refractivity contribution in [3.63, 3.8) is 0 Å². The lowest BCUT2D eigenvalue weighted by Gasteiger charge is -2.39. The van der Waals surface area contributed by atoms with Crippen LogP contribution in [0.15, 0.2) is 30.3 Å². The number of piperidine rings is 1. The molecule has 2 aliphatic rings. The molecule has 7 heteroatoms. The van der Waals surface area contributed by atoms with Gasteiger partial charge in [0.1, 0.15) is 5.69 Å². The Labute approximate surface area is 177 Å². The highest BCUT2D eigenvalue weighted by Crippen LogP contribution is 2.24. The highest BCUT2D eigenvalue weighted by Gasteiger charge is 2.28. The van der Waals surface area contributed by atoms with E-state index >= 15 is 0 Å². The molecule has 29 heavy (non-hydrogen) atoms. The van der Waals surface area contributed by atoms with Crippen molar-refractivity contribution in [3.05, 3.63) is 41.0 Å². The van der Waals surface area contributed by atoms with Crippen molar-refractivity contribution in [1.82, 2.24) is 20.0 Å². The first-order valence-electron chi connectivity index (χ1n) is 10.5. The van der Waals surface area contributed by atoms with Gasteiger partial charge in [-0.2, -0.15) is 5.10 Å². The summed E-state index contributed by atoms with van der Waals surface area (Å²) in [5.74, 6) is 0.665. The van der Waals surface area contributed by atoms with E-state index in [1.165, 1.54) is 0 Å². The Kier molecular flexibility index (Phi) is 6.23. The number of morpholine rings is 1.